The lowest BCUT2D eigenvalue weighted by Crippen LogP contribution is -2.30. The number of carbonyl (C=O) groups excluding carboxylic acids is 4. The number of hydrogen-bond acceptors (Lipinski definition) is 15. The van der Waals surface area contributed by atoms with E-state index in [1.165, 1.54) is 205 Å². The SMILES string of the molecule is CCCCCCCCCCCCCCCCCCCCCCCCC(=O)O[C@H](COC(=O)CCCCCCCCCCCCCCC)COP(=O)(O)OC[C@@H](O)COP(=O)(O)OC[C@@H](COC(=O)CCCCCCCCCC(C)C)OC(=O)CCCCCCCCCC(C)C. The lowest BCUT2D eigenvalue weighted by Gasteiger charge is -2.21. The Balaban J connectivity index is 5.17. The highest BCUT2D eigenvalue weighted by molar-refractivity contribution is 7.47. The molecule has 0 rings (SSSR count). The Morgan fingerprint density at radius 1 is 0.284 bits per heavy atom. The zero-order valence-electron chi connectivity index (χ0n) is 62.0. The molecule has 0 fully saturated rings. The molecule has 19 heteroatoms. The van der Waals surface area contributed by atoms with Gasteiger partial charge in [-0.15, -0.1) is 0 Å². The van der Waals surface area contributed by atoms with E-state index in [1.54, 1.807) is 0 Å². The third-order valence-electron chi connectivity index (χ3n) is 17.7. The van der Waals surface area contributed by atoms with Gasteiger partial charge in [0.05, 0.1) is 26.4 Å². The van der Waals surface area contributed by atoms with Crippen molar-refractivity contribution in [1.29, 1.82) is 0 Å². The molecule has 0 aromatic rings. The minimum Gasteiger partial charge on any atom is -0.462 e. The van der Waals surface area contributed by atoms with Crippen molar-refractivity contribution in [2.75, 3.05) is 39.6 Å². The number of phosphoric acid groups is 2. The molecule has 2 unspecified atom stereocenters. The van der Waals surface area contributed by atoms with Crippen LogP contribution in [0.1, 0.15) is 395 Å². The molecule has 0 saturated carbocycles. The lowest BCUT2D eigenvalue weighted by molar-refractivity contribution is -0.161. The van der Waals surface area contributed by atoms with Crippen LogP contribution < -0.4 is 0 Å². The number of hydrogen-bond donors (Lipinski definition) is 3. The highest BCUT2D eigenvalue weighted by Gasteiger charge is 2.30. The van der Waals surface area contributed by atoms with E-state index in [0.29, 0.717) is 37.5 Å². The summed E-state index contributed by atoms with van der Waals surface area (Å²) in [5.74, 6) is -0.720. The molecular formula is C76H148O17P2. The second-order valence-electron chi connectivity index (χ2n) is 28.3. The highest BCUT2D eigenvalue weighted by atomic mass is 31.2. The molecule has 95 heavy (non-hydrogen) atoms. The Labute approximate surface area is 581 Å². The number of aliphatic hydroxyl groups is 1. The standard InChI is InChI=1S/C76H148O17P2/c1-7-9-11-13-15-17-19-21-22-23-24-25-26-27-28-29-31-33-35-41-48-54-60-75(80)92-71(64-86-73(78)58-52-46-40-34-32-30-20-18-16-14-12-10-8-2)66-90-94(82,83)88-62-70(77)63-89-95(84,85)91-67-72(93-76(81)61-55-49-43-37-39-45-51-57-69(5)6)65-87-74(79)59-53-47-42-36-38-44-50-56-68(3)4/h68-72,77H,7-67H2,1-6H3,(H,82,83)(H,84,85)/t70-,71-,72-/m1/s1. The van der Waals surface area contributed by atoms with Crippen molar-refractivity contribution in [1.82, 2.24) is 0 Å². The summed E-state index contributed by atoms with van der Waals surface area (Å²) < 4.78 is 68.4. The average molecular weight is 1400 g/mol. The van der Waals surface area contributed by atoms with E-state index in [1.807, 2.05) is 0 Å². The van der Waals surface area contributed by atoms with Gasteiger partial charge in [0.15, 0.2) is 12.2 Å². The first-order chi connectivity index (χ1) is 45.9. The average Bonchev–Trinajstić information content (AvgIpc) is 1.61. The monoisotopic (exact) mass is 1400 g/mol. The van der Waals surface area contributed by atoms with Crippen LogP contribution >= 0.6 is 15.6 Å². The topological polar surface area (TPSA) is 237 Å². The van der Waals surface area contributed by atoms with Crippen LogP contribution in [0.2, 0.25) is 0 Å². The maximum atomic E-state index is 13.1. The molecule has 0 radical (unpaired) electrons. The first-order valence-corrected chi connectivity index (χ1v) is 42.5. The van der Waals surface area contributed by atoms with Crippen LogP contribution in [0.15, 0.2) is 0 Å². The van der Waals surface area contributed by atoms with Crippen molar-refractivity contribution < 1.29 is 80.2 Å². The van der Waals surface area contributed by atoms with Crippen molar-refractivity contribution >= 4 is 39.5 Å². The molecule has 0 aromatic carbocycles. The van der Waals surface area contributed by atoms with E-state index in [-0.39, 0.29) is 25.7 Å². The largest absolute Gasteiger partial charge is 0.472 e. The van der Waals surface area contributed by atoms with Crippen molar-refractivity contribution in [2.24, 2.45) is 11.8 Å². The molecule has 0 amide bonds. The first-order valence-electron chi connectivity index (χ1n) is 39.5. The molecule has 0 aliphatic carbocycles. The second-order valence-corrected chi connectivity index (χ2v) is 31.3. The molecule has 0 heterocycles. The van der Waals surface area contributed by atoms with Crippen LogP contribution in [0.25, 0.3) is 0 Å². The Kier molecular flexibility index (Phi) is 66.5. The van der Waals surface area contributed by atoms with E-state index in [2.05, 4.69) is 41.5 Å². The van der Waals surface area contributed by atoms with Crippen LogP contribution in [-0.2, 0) is 65.4 Å². The molecule has 0 saturated heterocycles. The number of aliphatic hydroxyl groups excluding tert-OH is 1. The predicted octanol–water partition coefficient (Wildman–Crippen LogP) is 22.3. The molecule has 0 spiro atoms. The van der Waals surface area contributed by atoms with Crippen molar-refractivity contribution in [2.45, 2.75) is 413 Å². The van der Waals surface area contributed by atoms with E-state index >= 15 is 0 Å². The highest BCUT2D eigenvalue weighted by Crippen LogP contribution is 2.45. The van der Waals surface area contributed by atoms with E-state index in [0.717, 1.165) is 96.3 Å². The minimum absolute atomic E-state index is 0.103. The third-order valence-corrected chi connectivity index (χ3v) is 19.6. The molecule has 3 N–H and O–H groups in total. The van der Waals surface area contributed by atoms with Gasteiger partial charge in [0.2, 0.25) is 0 Å². The summed E-state index contributed by atoms with van der Waals surface area (Å²) in [6.07, 6.45) is 55.9. The van der Waals surface area contributed by atoms with Gasteiger partial charge < -0.3 is 33.8 Å². The van der Waals surface area contributed by atoms with Gasteiger partial charge in [0.25, 0.3) is 0 Å². The van der Waals surface area contributed by atoms with Gasteiger partial charge >= 0.3 is 39.5 Å². The molecule has 0 aromatic heterocycles. The fraction of sp³-hybridized carbons (Fsp3) is 0.947. The van der Waals surface area contributed by atoms with Gasteiger partial charge in [-0.2, -0.15) is 0 Å². The minimum atomic E-state index is -4.96. The number of esters is 4. The van der Waals surface area contributed by atoms with Gasteiger partial charge in [-0.1, -0.05) is 343 Å². The summed E-state index contributed by atoms with van der Waals surface area (Å²) in [5, 5.41) is 10.6. The zero-order chi connectivity index (χ0) is 70.0. The van der Waals surface area contributed by atoms with Crippen molar-refractivity contribution in [3.05, 3.63) is 0 Å². The maximum absolute atomic E-state index is 13.1. The quantitative estimate of drug-likeness (QED) is 0.0222. The molecular weight excluding hydrogens is 1250 g/mol. The van der Waals surface area contributed by atoms with Crippen molar-refractivity contribution in [3.63, 3.8) is 0 Å². The Morgan fingerprint density at radius 3 is 0.716 bits per heavy atom. The lowest BCUT2D eigenvalue weighted by atomic mass is 10.0. The Hall–Kier alpha value is -1.94. The fourth-order valence-corrected chi connectivity index (χ4v) is 13.2. The Morgan fingerprint density at radius 2 is 0.484 bits per heavy atom. The molecule has 0 aliphatic rings. The number of carbonyl (C=O) groups is 4. The van der Waals surface area contributed by atoms with Crippen LogP contribution in [0.4, 0.5) is 0 Å². The normalized spacial score (nSPS) is 14.0. The molecule has 564 valence electrons. The maximum Gasteiger partial charge on any atom is 0.472 e. The number of rotatable bonds is 75. The molecule has 0 bridgehead atoms. The number of ether oxygens (including phenoxy) is 4. The zero-order valence-corrected chi connectivity index (χ0v) is 63.8. The van der Waals surface area contributed by atoms with E-state index in [9.17, 15) is 43.2 Å². The first kappa shape index (κ1) is 93.1. The molecule has 0 aliphatic heterocycles. The van der Waals surface area contributed by atoms with Crippen LogP contribution in [0.5, 0.6) is 0 Å². The summed E-state index contributed by atoms with van der Waals surface area (Å²) in [5.41, 5.74) is 0. The van der Waals surface area contributed by atoms with Gasteiger partial charge in [-0.25, -0.2) is 9.13 Å². The summed E-state index contributed by atoms with van der Waals surface area (Å²) in [6.45, 7) is 9.46. The van der Waals surface area contributed by atoms with Gasteiger partial charge in [0.1, 0.15) is 19.3 Å². The van der Waals surface area contributed by atoms with E-state index < -0.39 is 97.5 Å². The smallest absolute Gasteiger partial charge is 0.462 e. The van der Waals surface area contributed by atoms with Gasteiger partial charge in [-0.3, -0.25) is 37.3 Å². The van der Waals surface area contributed by atoms with Gasteiger partial charge in [0, 0.05) is 25.7 Å². The summed E-state index contributed by atoms with van der Waals surface area (Å²) in [6, 6.07) is 0. The number of unbranched alkanes of at least 4 members (excludes halogenated alkanes) is 45. The fourth-order valence-electron chi connectivity index (χ4n) is 11.7. The predicted molar refractivity (Wildman–Crippen MR) is 386 cm³/mol. The van der Waals surface area contributed by atoms with Crippen LogP contribution in [-0.4, -0.2) is 96.7 Å². The summed E-state index contributed by atoms with van der Waals surface area (Å²) in [4.78, 5) is 72.7. The molecule has 5 atom stereocenters. The summed E-state index contributed by atoms with van der Waals surface area (Å²) in [7, 11) is -9.91. The van der Waals surface area contributed by atoms with Crippen LogP contribution in [0, 0.1) is 11.8 Å². The second kappa shape index (κ2) is 67.9. The Bertz CT molecular complexity index is 1840. The number of phosphoric ester groups is 2. The summed E-state index contributed by atoms with van der Waals surface area (Å²) >= 11 is 0. The molecule has 17 nitrogen and oxygen atoms in total. The van der Waals surface area contributed by atoms with Crippen LogP contribution in [0.3, 0.4) is 0 Å². The van der Waals surface area contributed by atoms with Crippen molar-refractivity contribution in [3.8, 4) is 0 Å². The van der Waals surface area contributed by atoms with Gasteiger partial charge in [-0.05, 0) is 37.5 Å². The van der Waals surface area contributed by atoms with E-state index in [4.69, 9.17) is 37.0 Å². The third kappa shape index (κ3) is 70.3.